The van der Waals surface area contributed by atoms with Gasteiger partial charge in [-0.1, -0.05) is 49.6 Å². The molecule has 1 saturated carbocycles. The number of fused-ring (bicyclic) bond motifs is 4. The summed E-state index contributed by atoms with van der Waals surface area (Å²) in [7, 11) is 0. The number of imidazole rings is 1. The van der Waals surface area contributed by atoms with E-state index in [0.29, 0.717) is 28.5 Å². The quantitative estimate of drug-likeness (QED) is 0.136. The number of carboxylic acids is 1. The lowest BCUT2D eigenvalue weighted by atomic mass is 9.95. The smallest absolute Gasteiger partial charge is 0.304 e. The number of hydrogen-bond acceptors (Lipinski definition) is 5. The molecule has 10 heteroatoms. The maximum absolute atomic E-state index is 13.9. The first-order chi connectivity index (χ1) is 21.8. The largest absolute Gasteiger partial charge is 0.481 e. The van der Waals surface area contributed by atoms with Gasteiger partial charge < -0.3 is 31.4 Å². The Labute approximate surface area is 259 Å². The monoisotopic (exact) mass is 606 g/mol. The Morgan fingerprint density at radius 3 is 2.49 bits per heavy atom. The summed E-state index contributed by atoms with van der Waals surface area (Å²) in [6, 6.07) is 25.1. The molecule has 1 aliphatic carbocycles. The summed E-state index contributed by atoms with van der Waals surface area (Å²) >= 11 is 0. The van der Waals surface area contributed by atoms with Crippen molar-refractivity contribution >= 4 is 50.4 Å². The molecule has 6 aromatic rings. The Balaban J connectivity index is 0.000000545. The third kappa shape index (κ3) is 6.09. The highest BCUT2D eigenvalue weighted by molar-refractivity contribution is 6.15. The highest BCUT2D eigenvalue weighted by Crippen LogP contribution is 2.39. The average Bonchev–Trinajstić information content (AvgIpc) is 3.60. The van der Waals surface area contributed by atoms with Crippen LogP contribution in [0.1, 0.15) is 48.9 Å². The SMILES string of the molecule is NC(=O)c1ccc(-n2c3ccccc3c3c(-c4nc5ccc(F)cc5[nH]4)cccc32)cc1NC1CCCCC1.NCCC(=O)O. The minimum atomic E-state index is -0.836. The fourth-order valence-corrected chi connectivity index (χ4v) is 6.20. The van der Waals surface area contributed by atoms with Crippen molar-refractivity contribution in [2.45, 2.75) is 44.6 Å². The van der Waals surface area contributed by atoms with Crippen molar-refractivity contribution in [1.82, 2.24) is 14.5 Å². The number of nitrogens with zero attached hydrogens (tertiary/aromatic N) is 2. The van der Waals surface area contributed by atoms with E-state index in [-0.39, 0.29) is 18.8 Å². The summed E-state index contributed by atoms with van der Waals surface area (Å²) in [5.41, 5.74) is 17.2. The zero-order valence-electron chi connectivity index (χ0n) is 24.7. The van der Waals surface area contributed by atoms with Crippen LogP contribution in [0.3, 0.4) is 0 Å². The molecule has 7 N–H and O–H groups in total. The molecule has 0 spiro atoms. The Morgan fingerprint density at radius 2 is 1.76 bits per heavy atom. The molecule has 1 aliphatic rings. The van der Waals surface area contributed by atoms with Gasteiger partial charge in [0.2, 0.25) is 0 Å². The number of carboxylic acid groups (broad SMARTS) is 1. The van der Waals surface area contributed by atoms with Crippen molar-refractivity contribution in [2.24, 2.45) is 11.5 Å². The van der Waals surface area contributed by atoms with E-state index in [0.717, 1.165) is 51.6 Å². The number of aromatic amines is 1. The first kappa shape index (κ1) is 29.8. The maximum atomic E-state index is 13.9. The number of aromatic nitrogens is 3. The number of carbonyl (C=O) groups is 2. The predicted molar refractivity (Wildman–Crippen MR) is 176 cm³/mol. The van der Waals surface area contributed by atoms with Gasteiger partial charge in [0.05, 0.1) is 34.1 Å². The van der Waals surface area contributed by atoms with Gasteiger partial charge in [0, 0.05) is 40.3 Å². The zero-order chi connectivity index (χ0) is 31.5. The topological polar surface area (TPSA) is 152 Å². The highest BCUT2D eigenvalue weighted by Gasteiger charge is 2.21. The molecular formula is C35H35FN6O3. The normalized spacial score (nSPS) is 13.6. The van der Waals surface area contributed by atoms with Gasteiger partial charge in [-0.3, -0.25) is 9.59 Å². The van der Waals surface area contributed by atoms with Crippen molar-refractivity contribution in [1.29, 1.82) is 0 Å². The lowest BCUT2D eigenvalue weighted by Gasteiger charge is -2.25. The van der Waals surface area contributed by atoms with Crippen LogP contribution < -0.4 is 16.8 Å². The Kier molecular flexibility index (Phi) is 8.48. The molecule has 45 heavy (non-hydrogen) atoms. The van der Waals surface area contributed by atoms with Crippen molar-refractivity contribution in [3.8, 4) is 17.1 Å². The number of benzene rings is 4. The third-order valence-electron chi connectivity index (χ3n) is 8.25. The first-order valence-electron chi connectivity index (χ1n) is 15.1. The number of aliphatic carboxylic acids is 1. The average molecular weight is 607 g/mol. The molecule has 1 fully saturated rings. The van der Waals surface area contributed by atoms with Gasteiger partial charge >= 0.3 is 5.97 Å². The van der Waals surface area contributed by atoms with Crippen molar-refractivity contribution in [3.63, 3.8) is 0 Å². The summed E-state index contributed by atoms with van der Waals surface area (Å²) in [6.45, 7) is 0.231. The van der Waals surface area contributed by atoms with Crippen LogP contribution in [0, 0.1) is 5.82 Å². The van der Waals surface area contributed by atoms with Crippen LogP contribution >= 0.6 is 0 Å². The molecule has 2 aromatic heterocycles. The molecule has 9 nitrogen and oxygen atoms in total. The summed E-state index contributed by atoms with van der Waals surface area (Å²) in [4.78, 5) is 29.9. The maximum Gasteiger partial charge on any atom is 0.304 e. The van der Waals surface area contributed by atoms with E-state index in [4.69, 9.17) is 21.6 Å². The van der Waals surface area contributed by atoms with Crippen molar-refractivity contribution in [2.75, 3.05) is 11.9 Å². The molecule has 0 atom stereocenters. The summed E-state index contributed by atoms with van der Waals surface area (Å²) in [5, 5.41) is 13.6. The van der Waals surface area contributed by atoms with E-state index in [9.17, 15) is 14.0 Å². The second-order valence-electron chi connectivity index (χ2n) is 11.3. The number of nitrogens with one attached hydrogen (secondary N) is 2. The molecule has 0 saturated heterocycles. The molecular weight excluding hydrogens is 571 g/mol. The number of primary amides is 1. The van der Waals surface area contributed by atoms with Crippen LogP contribution in [0.15, 0.2) is 78.9 Å². The predicted octanol–water partition coefficient (Wildman–Crippen LogP) is 6.73. The highest BCUT2D eigenvalue weighted by atomic mass is 19.1. The minimum Gasteiger partial charge on any atom is -0.481 e. The Hall–Kier alpha value is -5.22. The number of anilines is 1. The van der Waals surface area contributed by atoms with E-state index < -0.39 is 11.9 Å². The molecule has 7 rings (SSSR count). The van der Waals surface area contributed by atoms with Crippen LogP contribution in [0.4, 0.5) is 10.1 Å². The molecule has 0 bridgehead atoms. The third-order valence-corrected chi connectivity index (χ3v) is 8.25. The number of H-pyrrole nitrogens is 1. The second kappa shape index (κ2) is 12.8. The number of carbonyl (C=O) groups excluding carboxylic acids is 1. The fourth-order valence-electron chi connectivity index (χ4n) is 6.20. The van der Waals surface area contributed by atoms with E-state index in [1.54, 1.807) is 6.07 Å². The van der Waals surface area contributed by atoms with Crippen LogP contribution in [0.25, 0.3) is 49.9 Å². The second-order valence-corrected chi connectivity index (χ2v) is 11.3. The van der Waals surface area contributed by atoms with Gasteiger partial charge in [0.15, 0.2) is 0 Å². The number of nitrogens with two attached hydrogens (primary N) is 2. The molecule has 2 heterocycles. The Morgan fingerprint density at radius 1 is 0.978 bits per heavy atom. The molecule has 4 aromatic carbocycles. The summed E-state index contributed by atoms with van der Waals surface area (Å²) < 4.78 is 16.1. The lowest BCUT2D eigenvalue weighted by Crippen LogP contribution is -2.24. The summed E-state index contributed by atoms with van der Waals surface area (Å²) in [5.74, 6) is -0.888. The lowest BCUT2D eigenvalue weighted by molar-refractivity contribution is -0.136. The minimum absolute atomic E-state index is 0.0694. The van der Waals surface area contributed by atoms with Gasteiger partial charge in [-0.25, -0.2) is 9.37 Å². The van der Waals surface area contributed by atoms with E-state index in [1.165, 1.54) is 31.4 Å². The van der Waals surface area contributed by atoms with Crippen LogP contribution in [0.5, 0.6) is 0 Å². The van der Waals surface area contributed by atoms with E-state index in [2.05, 4.69) is 33.1 Å². The number of halogens is 1. The standard InChI is InChI=1S/C32H28FN5O.C3H7NO2/c33-19-13-16-25-27(17-19)37-32(36-25)24-10-6-12-29-30(24)23-9-4-5-11-28(23)38(29)21-14-15-22(31(34)39)26(18-21)35-20-7-2-1-3-8-20;4-2-1-3(5)6/h4-6,9-18,20,35H,1-3,7-8H2,(H2,34,39)(H,36,37);1-2,4H2,(H,5,6). The van der Waals surface area contributed by atoms with Gasteiger partial charge in [-0.05, 0) is 61.4 Å². The molecule has 0 radical (unpaired) electrons. The number of amides is 1. The van der Waals surface area contributed by atoms with Crippen LogP contribution in [0.2, 0.25) is 0 Å². The Bertz CT molecular complexity index is 2030. The van der Waals surface area contributed by atoms with Gasteiger partial charge in [0.1, 0.15) is 11.6 Å². The van der Waals surface area contributed by atoms with E-state index >= 15 is 0 Å². The van der Waals surface area contributed by atoms with Gasteiger partial charge in [0.25, 0.3) is 5.91 Å². The number of hydrogen-bond donors (Lipinski definition) is 5. The van der Waals surface area contributed by atoms with E-state index in [1.807, 2.05) is 42.5 Å². The molecule has 230 valence electrons. The van der Waals surface area contributed by atoms with Gasteiger partial charge in [-0.2, -0.15) is 0 Å². The van der Waals surface area contributed by atoms with Crippen LogP contribution in [-0.4, -0.2) is 44.1 Å². The van der Waals surface area contributed by atoms with Crippen LogP contribution in [-0.2, 0) is 4.79 Å². The number of para-hydroxylation sites is 1. The fraction of sp³-hybridized carbons (Fsp3) is 0.229. The first-order valence-corrected chi connectivity index (χ1v) is 15.1. The van der Waals surface area contributed by atoms with Crippen molar-refractivity contribution < 1.29 is 19.1 Å². The van der Waals surface area contributed by atoms with Crippen molar-refractivity contribution in [3.05, 3.63) is 90.2 Å². The molecule has 1 amide bonds. The zero-order valence-corrected chi connectivity index (χ0v) is 24.7. The number of rotatable bonds is 7. The van der Waals surface area contributed by atoms with Gasteiger partial charge in [-0.15, -0.1) is 0 Å². The summed E-state index contributed by atoms with van der Waals surface area (Å²) in [6.07, 6.45) is 5.87. The molecule has 0 unspecified atom stereocenters. The molecule has 0 aliphatic heterocycles.